The van der Waals surface area contributed by atoms with E-state index in [2.05, 4.69) is 50.0 Å². The van der Waals surface area contributed by atoms with Gasteiger partial charge in [-0.3, -0.25) is 4.79 Å². The number of rotatable bonds is 3. The first kappa shape index (κ1) is 23.2. The number of ketones is 1. The van der Waals surface area contributed by atoms with E-state index in [9.17, 15) is 9.90 Å². The summed E-state index contributed by atoms with van der Waals surface area (Å²) in [7, 11) is 0. The van der Waals surface area contributed by atoms with Crippen LogP contribution in [0.4, 0.5) is 0 Å². The fraction of sp³-hybridized carbons (Fsp3) is 0.633. The van der Waals surface area contributed by atoms with Crippen molar-refractivity contribution >= 4 is 16.7 Å². The largest absolute Gasteiger partial charge is 0.382 e. The SMILES string of the molecule is CCCO[C@H]1CC2Cc3c([nH]c4ccccc34)[C@]2(C)C2(C)CCC34OC(C(=O)C=C3[C@]12O)C(C)(C)O4. The molecule has 1 aromatic heterocycles. The minimum atomic E-state index is -1.41. The van der Waals surface area contributed by atoms with Crippen molar-refractivity contribution in [1.29, 1.82) is 0 Å². The molecule has 1 saturated heterocycles. The number of carbonyl (C=O) groups is 1. The molecule has 3 fully saturated rings. The quantitative estimate of drug-likeness (QED) is 0.649. The molecule has 2 N–H and O–H groups in total. The molecule has 7 rings (SSSR count). The lowest BCUT2D eigenvalue weighted by Crippen LogP contribution is -2.74. The molecule has 4 unspecified atom stereocenters. The van der Waals surface area contributed by atoms with Crippen LogP contribution in [0, 0.1) is 11.3 Å². The summed E-state index contributed by atoms with van der Waals surface area (Å²) in [6, 6.07) is 8.50. The monoisotopic (exact) mass is 491 g/mol. The van der Waals surface area contributed by atoms with E-state index in [1.54, 1.807) is 6.08 Å². The van der Waals surface area contributed by atoms with Crippen molar-refractivity contribution in [3.05, 3.63) is 47.2 Å². The van der Waals surface area contributed by atoms with Crippen LogP contribution in [0.25, 0.3) is 10.9 Å². The van der Waals surface area contributed by atoms with Gasteiger partial charge in [0.1, 0.15) is 11.2 Å². The molecule has 2 aromatic rings. The van der Waals surface area contributed by atoms with E-state index in [1.807, 2.05) is 13.8 Å². The second-order valence-corrected chi connectivity index (χ2v) is 12.7. The fourth-order valence-corrected chi connectivity index (χ4v) is 8.85. The number of ether oxygens (including phenoxy) is 3. The number of para-hydroxylation sites is 1. The molecule has 0 amide bonds. The first-order chi connectivity index (χ1) is 17.0. The van der Waals surface area contributed by atoms with Crippen LogP contribution in [0.5, 0.6) is 0 Å². The third kappa shape index (κ3) is 2.41. The summed E-state index contributed by atoms with van der Waals surface area (Å²) in [6.07, 6.45) is 4.40. The average Bonchev–Trinajstić information content (AvgIpc) is 3.42. The van der Waals surface area contributed by atoms with E-state index in [4.69, 9.17) is 14.2 Å². The maximum absolute atomic E-state index is 13.3. The maximum Gasteiger partial charge on any atom is 0.195 e. The minimum absolute atomic E-state index is 0.125. The molecule has 6 nitrogen and oxygen atoms in total. The number of hydrogen-bond acceptors (Lipinski definition) is 5. The third-order valence-electron chi connectivity index (χ3n) is 10.8. The van der Waals surface area contributed by atoms with Gasteiger partial charge in [0.05, 0.1) is 6.10 Å². The number of nitrogens with one attached hydrogen (secondary N) is 1. The Morgan fingerprint density at radius 1 is 1.17 bits per heavy atom. The Morgan fingerprint density at radius 2 is 1.94 bits per heavy atom. The second kappa shape index (κ2) is 6.90. The highest BCUT2D eigenvalue weighted by molar-refractivity contribution is 5.97. The zero-order valence-electron chi connectivity index (χ0n) is 21.9. The number of aromatic nitrogens is 1. The predicted molar refractivity (Wildman–Crippen MR) is 136 cm³/mol. The Bertz CT molecular complexity index is 1330. The Labute approximate surface area is 212 Å². The van der Waals surface area contributed by atoms with Crippen LogP contribution < -0.4 is 0 Å². The molecular formula is C30H37NO5. The van der Waals surface area contributed by atoms with Crippen LogP contribution in [0.3, 0.4) is 0 Å². The number of H-pyrrole nitrogens is 1. The summed E-state index contributed by atoms with van der Waals surface area (Å²) in [5.74, 6) is -0.894. The van der Waals surface area contributed by atoms with Crippen LogP contribution >= 0.6 is 0 Å². The van der Waals surface area contributed by atoms with E-state index in [1.165, 1.54) is 16.6 Å². The second-order valence-electron chi connectivity index (χ2n) is 12.7. The Kier molecular flexibility index (Phi) is 4.44. The summed E-state index contributed by atoms with van der Waals surface area (Å²) in [6.45, 7) is 11.0. The number of benzene rings is 1. The number of aromatic amines is 1. The number of aliphatic hydroxyl groups is 1. The first-order valence-electron chi connectivity index (χ1n) is 13.6. The highest BCUT2D eigenvalue weighted by Gasteiger charge is 2.77. The van der Waals surface area contributed by atoms with Crippen molar-refractivity contribution in [2.24, 2.45) is 11.3 Å². The molecule has 192 valence electrons. The van der Waals surface area contributed by atoms with Gasteiger partial charge in [-0.1, -0.05) is 39.0 Å². The molecule has 1 aromatic carbocycles. The molecule has 2 saturated carbocycles. The van der Waals surface area contributed by atoms with Crippen LogP contribution in [0.15, 0.2) is 35.9 Å². The average molecular weight is 492 g/mol. The fourth-order valence-electron chi connectivity index (χ4n) is 8.85. The molecule has 7 atom stereocenters. The molecule has 36 heavy (non-hydrogen) atoms. The van der Waals surface area contributed by atoms with Gasteiger partial charge in [-0.05, 0) is 63.2 Å². The van der Waals surface area contributed by atoms with Gasteiger partial charge in [-0.15, -0.1) is 0 Å². The summed E-state index contributed by atoms with van der Waals surface area (Å²) in [5, 5.41) is 14.4. The summed E-state index contributed by atoms with van der Waals surface area (Å²) >= 11 is 0. The van der Waals surface area contributed by atoms with Crippen molar-refractivity contribution in [1.82, 2.24) is 4.98 Å². The molecule has 2 aliphatic heterocycles. The Morgan fingerprint density at radius 3 is 2.72 bits per heavy atom. The van der Waals surface area contributed by atoms with E-state index in [0.717, 1.165) is 18.4 Å². The van der Waals surface area contributed by atoms with Gasteiger partial charge in [0.15, 0.2) is 17.7 Å². The zero-order chi connectivity index (χ0) is 25.3. The smallest absolute Gasteiger partial charge is 0.195 e. The van der Waals surface area contributed by atoms with Crippen LogP contribution in [-0.2, 0) is 30.8 Å². The van der Waals surface area contributed by atoms with E-state index >= 15 is 0 Å². The van der Waals surface area contributed by atoms with Crippen LogP contribution in [-0.4, -0.2) is 51.7 Å². The molecule has 2 bridgehead atoms. The van der Waals surface area contributed by atoms with Gasteiger partial charge in [0.2, 0.25) is 0 Å². The third-order valence-corrected chi connectivity index (χ3v) is 10.8. The summed E-state index contributed by atoms with van der Waals surface area (Å²) in [4.78, 5) is 17.1. The predicted octanol–water partition coefficient (Wildman–Crippen LogP) is 4.73. The molecule has 1 spiro atoms. The van der Waals surface area contributed by atoms with Crippen molar-refractivity contribution in [2.45, 2.75) is 101 Å². The van der Waals surface area contributed by atoms with Crippen molar-refractivity contribution in [3.8, 4) is 0 Å². The molecule has 3 aliphatic carbocycles. The lowest BCUT2D eigenvalue weighted by Gasteiger charge is -2.67. The standard InChI is InChI=1S/C30H37NO5/c1-6-13-34-23-15-17-14-19-18-9-7-8-10-20(18)31-24(19)28(17,5)27(4)11-12-29-22(30(23,27)33)16-21(32)25(35-29)26(2,3)36-29/h7-10,16-17,23,25,31,33H,6,11-15H2,1-5H3/t17?,23-,25?,27?,28+,29?,30-/m0/s1. The molecule has 0 radical (unpaired) electrons. The van der Waals surface area contributed by atoms with E-state index < -0.39 is 34.6 Å². The van der Waals surface area contributed by atoms with Crippen molar-refractivity contribution in [3.63, 3.8) is 0 Å². The van der Waals surface area contributed by atoms with Gasteiger partial charge in [0, 0.05) is 46.0 Å². The lowest BCUT2D eigenvalue weighted by atomic mass is 9.41. The van der Waals surface area contributed by atoms with Crippen LogP contribution in [0.2, 0.25) is 0 Å². The van der Waals surface area contributed by atoms with Gasteiger partial charge in [-0.25, -0.2) is 0 Å². The maximum atomic E-state index is 13.3. The number of carbonyl (C=O) groups excluding carboxylic acids is 1. The van der Waals surface area contributed by atoms with Crippen LogP contribution in [0.1, 0.15) is 71.6 Å². The number of hydrogen-bond donors (Lipinski definition) is 2. The minimum Gasteiger partial charge on any atom is -0.382 e. The zero-order valence-corrected chi connectivity index (χ0v) is 21.9. The first-order valence-corrected chi connectivity index (χ1v) is 13.6. The molecule has 6 heteroatoms. The topological polar surface area (TPSA) is 80.8 Å². The normalized spacial score (nSPS) is 44.1. The highest BCUT2D eigenvalue weighted by atomic mass is 16.8. The van der Waals surface area contributed by atoms with Crippen molar-refractivity contribution < 1.29 is 24.1 Å². The summed E-state index contributed by atoms with van der Waals surface area (Å²) < 4.78 is 19.5. The van der Waals surface area contributed by atoms with Gasteiger partial charge < -0.3 is 24.3 Å². The van der Waals surface area contributed by atoms with Gasteiger partial charge >= 0.3 is 0 Å². The number of fused-ring (bicyclic) bond motifs is 9. The molecule has 5 aliphatic rings. The van der Waals surface area contributed by atoms with E-state index in [-0.39, 0.29) is 11.2 Å². The van der Waals surface area contributed by atoms with E-state index in [0.29, 0.717) is 37.4 Å². The summed E-state index contributed by atoms with van der Waals surface area (Å²) in [5.41, 5.74) is 1.21. The van der Waals surface area contributed by atoms with Gasteiger partial charge in [-0.2, -0.15) is 0 Å². The van der Waals surface area contributed by atoms with Crippen molar-refractivity contribution in [2.75, 3.05) is 6.61 Å². The Balaban J connectivity index is 1.45. The molecule has 3 heterocycles. The van der Waals surface area contributed by atoms with Gasteiger partial charge in [0.25, 0.3) is 0 Å². The highest BCUT2D eigenvalue weighted by Crippen LogP contribution is 2.72. The Hall–Kier alpha value is -1.99. The molecular weight excluding hydrogens is 454 g/mol. The lowest BCUT2D eigenvalue weighted by molar-refractivity contribution is -0.280.